The smallest absolute Gasteiger partial charge is 0.265 e. The van der Waals surface area contributed by atoms with E-state index < -0.39 is 66.5 Å². The molecule has 4 aliphatic rings. The molecule has 0 amide bonds. The second-order valence-corrected chi connectivity index (χ2v) is 14.5. The molecule has 1 N–H and O–H groups in total. The molecule has 0 radical (unpaired) electrons. The molecule has 0 aliphatic heterocycles. The third-order valence-corrected chi connectivity index (χ3v) is 10.4. The van der Waals surface area contributed by atoms with E-state index in [1.165, 1.54) is 13.0 Å². The van der Waals surface area contributed by atoms with Crippen molar-refractivity contribution in [2.24, 2.45) is 28.6 Å². The number of hydrogen-bond donors (Lipinski definition) is 1. The fraction of sp³-hybridized carbons (Fsp3) is 0.750. The minimum Gasteiger partial charge on any atom is -0.377 e. The van der Waals surface area contributed by atoms with Gasteiger partial charge >= 0.3 is 0 Å². The van der Waals surface area contributed by atoms with Crippen molar-refractivity contribution in [1.29, 1.82) is 0 Å². The molecule has 3 fully saturated rings. The minimum atomic E-state index is -4.08. The maximum Gasteiger partial charge on any atom is 0.265 e. The van der Waals surface area contributed by atoms with Gasteiger partial charge in [0.05, 0.1) is 12.5 Å². The van der Waals surface area contributed by atoms with Crippen LogP contribution in [0.1, 0.15) is 52.9 Å². The maximum atomic E-state index is 12.7. The Morgan fingerprint density at radius 1 is 1.09 bits per heavy atom. The van der Waals surface area contributed by atoms with Crippen molar-refractivity contribution in [2.75, 3.05) is 12.5 Å². The number of Topliss-reactive ketones (excluding diaryl/α,β-unsaturated/α-hetero) is 1. The quantitative estimate of drug-likeness (QED) is 0.417. The summed E-state index contributed by atoms with van der Waals surface area (Å²) < 4.78 is 60.6. The normalized spacial score (nSPS) is 43.7. The molecule has 0 heterocycles. The molecule has 8 atom stereocenters. The Kier molecular flexibility index (Phi) is 6.13. The summed E-state index contributed by atoms with van der Waals surface area (Å²) in [5.74, 6) is -1.79. The van der Waals surface area contributed by atoms with Gasteiger partial charge in [-0.15, -0.1) is 0 Å². The highest BCUT2D eigenvalue weighted by Gasteiger charge is 2.70. The van der Waals surface area contributed by atoms with Crippen molar-refractivity contribution in [1.82, 2.24) is 0 Å². The Balaban J connectivity index is 1.96. The van der Waals surface area contributed by atoms with E-state index >= 15 is 0 Å². The molecule has 196 valence electrons. The monoisotopic (exact) mass is 530 g/mol. The predicted octanol–water partition coefficient (Wildman–Crippen LogP) is 1.91. The zero-order valence-corrected chi connectivity index (χ0v) is 22.4. The van der Waals surface area contributed by atoms with Crippen molar-refractivity contribution in [3.8, 4) is 0 Å². The average molecular weight is 531 g/mol. The molecule has 0 bridgehead atoms. The zero-order valence-electron chi connectivity index (χ0n) is 20.7. The second kappa shape index (κ2) is 8.05. The molecule has 4 aliphatic carbocycles. The van der Waals surface area contributed by atoms with Gasteiger partial charge in [0.1, 0.15) is 17.8 Å². The van der Waals surface area contributed by atoms with Gasteiger partial charge in [-0.05, 0) is 73.0 Å². The lowest BCUT2D eigenvalue weighted by molar-refractivity contribution is -0.170. The summed E-state index contributed by atoms with van der Waals surface area (Å²) in [5.41, 5.74) is -2.59. The lowest BCUT2D eigenvalue weighted by Crippen LogP contribution is -2.64. The first-order valence-electron chi connectivity index (χ1n) is 11.8. The maximum absolute atomic E-state index is 12.7. The highest BCUT2D eigenvalue weighted by Crippen LogP contribution is 2.69. The number of aliphatic hydroxyl groups is 1. The van der Waals surface area contributed by atoms with Crippen LogP contribution in [0.25, 0.3) is 0 Å². The molecule has 9 nitrogen and oxygen atoms in total. The highest BCUT2D eigenvalue weighted by molar-refractivity contribution is 7.86. The lowest BCUT2D eigenvalue weighted by atomic mass is 9.45. The molecular formula is C24H34O9S2. The van der Waals surface area contributed by atoms with Crippen LogP contribution in [0.2, 0.25) is 0 Å². The van der Waals surface area contributed by atoms with Crippen LogP contribution in [0.5, 0.6) is 0 Å². The van der Waals surface area contributed by atoms with Gasteiger partial charge in [-0.3, -0.25) is 18.0 Å². The van der Waals surface area contributed by atoms with Gasteiger partial charge < -0.3 is 5.11 Å². The molecule has 35 heavy (non-hydrogen) atoms. The average Bonchev–Trinajstić information content (AvgIpc) is 2.91. The topological polar surface area (TPSA) is 141 Å². The lowest BCUT2D eigenvalue weighted by Gasteiger charge is -2.61. The van der Waals surface area contributed by atoms with Gasteiger partial charge in [0, 0.05) is 11.8 Å². The molecule has 0 saturated heterocycles. The molecule has 11 heteroatoms. The van der Waals surface area contributed by atoms with Crippen LogP contribution < -0.4 is 0 Å². The van der Waals surface area contributed by atoms with E-state index in [2.05, 4.69) is 6.58 Å². The number of rotatable bonds is 5. The van der Waals surface area contributed by atoms with Crippen LogP contribution in [0.3, 0.4) is 0 Å². The number of ketones is 2. The largest absolute Gasteiger partial charge is 0.377 e. The Labute approximate surface area is 207 Å². The molecular weight excluding hydrogens is 496 g/mol. The Morgan fingerprint density at radius 2 is 1.69 bits per heavy atom. The standard InChI is InChI=1S/C24H34O9S2/c1-13-11-17-19-16(8-10-23(17,4)24(13,27)14(2)25)22(3)9-7-15(26)12-18(22)20(32-34(5,28)29)21(19)33-35(6,30)31/h12,16-17,19-21,27H,1,7-11H2,2-6H3/t16-,17-,19+,20?,21?,22+,23-,24-/m0/s1. The molecule has 4 rings (SSSR count). The Hall–Kier alpha value is -1.40. The molecule has 0 aromatic rings. The van der Waals surface area contributed by atoms with E-state index in [-0.39, 0.29) is 24.5 Å². The first-order valence-corrected chi connectivity index (χ1v) is 15.4. The third-order valence-electron chi connectivity index (χ3n) is 9.27. The summed E-state index contributed by atoms with van der Waals surface area (Å²) in [6.45, 7) is 9.10. The zero-order chi connectivity index (χ0) is 26.4. The van der Waals surface area contributed by atoms with Gasteiger partial charge in [0.25, 0.3) is 20.2 Å². The summed E-state index contributed by atoms with van der Waals surface area (Å²) in [6, 6.07) is 0. The first-order chi connectivity index (χ1) is 15.8. The molecule has 2 unspecified atom stereocenters. The SMILES string of the molecule is C=C1C[C@H]2[C@@H]3C(OS(C)(=O)=O)C(OS(C)(=O)=O)C4=CC(=O)CC[C@]4(C)[C@H]3CC[C@]2(C)[C@@]1(O)C(C)=O. The summed E-state index contributed by atoms with van der Waals surface area (Å²) in [7, 11) is -8.16. The van der Waals surface area contributed by atoms with Gasteiger partial charge in [-0.2, -0.15) is 16.8 Å². The van der Waals surface area contributed by atoms with Gasteiger partial charge in [-0.1, -0.05) is 20.4 Å². The molecule has 0 spiro atoms. The molecule has 3 saturated carbocycles. The van der Waals surface area contributed by atoms with Crippen LogP contribution in [-0.2, 0) is 38.2 Å². The van der Waals surface area contributed by atoms with Crippen molar-refractivity contribution >= 4 is 31.8 Å². The number of hydrogen-bond acceptors (Lipinski definition) is 9. The first kappa shape index (κ1) is 26.7. The summed E-state index contributed by atoms with van der Waals surface area (Å²) in [5, 5.41) is 11.6. The summed E-state index contributed by atoms with van der Waals surface area (Å²) >= 11 is 0. The van der Waals surface area contributed by atoms with Gasteiger partial charge in [0.15, 0.2) is 11.6 Å². The van der Waals surface area contributed by atoms with E-state index in [0.717, 1.165) is 12.5 Å². The van der Waals surface area contributed by atoms with Crippen LogP contribution >= 0.6 is 0 Å². The van der Waals surface area contributed by atoms with Crippen molar-refractivity contribution in [3.63, 3.8) is 0 Å². The van der Waals surface area contributed by atoms with Gasteiger partial charge in [-0.25, -0.2) is 0 Å². The van der Waals surface area contributed by atoms with Crippen LogP contribution in [-0.4, -0.2) is 63.8 Å². The van der Waals surface area contributed by atoms with E-state index in [4.69, 9.17) is 8.37 Å². The van der Waals surface area contributed by atoms with E-state index in [1.54, 1.807) is 0 Å². The van der Waals surface area contributed by atoms with Crippen molar-refractivity contribution in [3.05, 3.63) is 23.8 Å². The van der Waals surface area contributed by atoms with Gasteiger partial charge in [0.2, 0.25) is 0 Å². The van der Waals surface area contributed by atoms with E-state index in [9.17, 15) is 31.5 Å². The predicted molar refractivity (Wildman–Crippen MR) is 127 cm³/mol. The number of fused-ring (bicyclic) bond motifs is 5. The minimum absolute atomic E-state index is 0.183. The molecule has 0 aromatic carbocycles. The second-order valence-electron chi connectivity index (χ2n) is 11.3. The van der Waals surface area contributed by atoms with E-state index in [0.29, 0.717) is 30.4 Å². The third kappa shape index (κ3) is 3.98. The number of carbonyl (C=O) groups excluding carboxylic acids is 2. The van der Waals surface area contributed by atoms with Crippen molar-refractivity contribution < 1.29 is 39.9 Å². The fourth-order valence-corrected chi connectivity index (χ4v) is 8.98. The fourth-order valence-electron chi connectivity index (χ4n) is 7.75. The van der Waals surface area contributed by atoms with Crippen molar-refractivity contribution in [2.45, 2.75) is 70.7 Å². The Bertz CT molecular complexity index is 1230. The summed E-state index contributed by atoms with van der Waals surface area (Å²) in [4.78, 5) is 25.1. The summed E-state index contributed by atoms with van der Waals surface area (Å²) in [6.07, 6.45) is 2.54. The molecule has 0 aromatic heterocycles. The Morgan fingerprint density at radius 3 is 2.23 bits per heavy atom. The highest BCUT2D eigenvalue weighted by atomic mass is 32.2. The van der Waals surface area contributed by atoms with Crippen LogP contribution in [0, 0.1) is 28.6 Å². The van der Waals surface area contributed by atoms with E-state index in [1.807, 2.05) is 13.8 Å². The van der Waals surface area contributed by atoms with Crippen LogP contribution in [0.4, 0.5) is 0 Å². The van der Waals surface area contributed by atoms with Crippen LogP contribution in [0.15, 0.2) is 23.8 Å². The number of carbonyl (C=O) groups is 2.